The van der Waals surface area contributed by atoms with Crippen LogP contribution in [0.2, 0.25) is 0 Å². The number of hydrogen-bond donors (Lipinski definition) is 2. The highest BCUT2D eigenvalue weighted by atomic mass is 16.6. The molecule has 6 nitrogen and oxygen atoms in total. The van der Waals surface area contributed by atoms with Gasteiger partial charge in [-0.15, -0.1) is 0 Å². The molecule has 0 aromatic heterocycles. The van der Waals surface area contributed by atoms with Crippen molar-refractivity contribution in [1.29, 1.82) is 0 Å². The molecule has 0 bridgehead atoms. The van der Waals surface area contributed by atoms with Crippen LogP contribution in [0.25, 0.3) is 0 Å². The average Bonchev–Trinajstić information content (AvgIpc) is 3.44. The minimum Gasteiger partial charge on any atom is -0.445 e. The van der Waals surface area contributed by atoms with Crippen molar-refractivity contribution >= 4 is 11.9 Å². The fourth-order valence-electron chi connectivity index (χ4n) is 6.70. The van der Waals surface area contributed by atoms with Crippen molar-refractivity contribution in [1.82, 2.24) is 5.32 Å². The van der Waals surface area contributed by atoms with Gasteiger partial charge >= 0.3 is 5.97 Å². The second kappa shape index (κ2) is 9.21. The van der Waals surface area contributed by atoms with Crippen molar-refractivity contribution in [2.45, 2.75) is 82.3 Å². The van der Waals surface area contributed by atoms with Crippen molar-refractivity contribution in [2.24, 2.45) is 23.7 Å². The number of esters is 1. The van der Waals surface area contributed by atoms with E-state index in [1.165, 1.54) is 6.08 Å². The summed E-state index contributed by atoms with van der Waals surface area (Å²) in [6.07, 6.45) is 10.0. The standard InChI is InChI=1S/C29H37NO5/c1-18-9-7-13-22-26-28(3,35-26)19(2)25-23(17-20-10-5-4-6-11-20)30-27(33)29(22,25)34-24(32)14-8-12-21(31)16-15-18/h4-8,10-11,13-14,18-19,21-23,25-26,31H,9,12,15-17H2,1-3H3,(H,30,33)/b13-7+,14-8+/t18-,19?,21?,22?,23-,25?,26-,28+,29+/m0/s1. The third kappa shape index (κ3) is 4.25. The molecule has 3 fully saturated rings. The van der Waals surface area contributed by atoms with E-state index in [1.807, 2.05) is 18.2 Å². The zero-order valence-corrected chi connectivity index (χ0v) is 20.9. The number of epoxide rings is 1. The molecule has 9 atom stereocenters. The molecule has 3 aliphatic heterocycles. The average molecular weight is 480 g/mol. The number of ether oxygens (including phenoxy) is 2. The Kier molecular flexibility index (Phi) is 6.39. The van der Waals surface area contributed by atoms with Crippen LogP contribution in [0.3, 0.4) is 0 Å². The van der Waals surface area contributed by atoms with Gasteiger partial charge in [0.2, 0.25) is 5.60 Å². The molecule has 1 amide bonds. The lowest BCUT2D eigenvalue weighted by molar-refractivity contribution is -0.177. The normalized spacial score (nSPS) is 45.1. The van der Waals surface area contributed by atoms with Crippen LogP contribution in [0.15, 0.2) is 54.6 Å². The largest absolute Gasteiger partial charge is 0.445 e. The van der Waals surface area contributed by atoms with E-state index in [-0.39, 0.29) is 41.4 Å². The Labute approximate surface area is 207 Å². The van der Waals surface area contributed by atoms with Gasteiger partial charge in [0.15, 0.2) is 0 Å². The number of rotatable bonds is 2. The van der Waals surface area contributed by atoms with E-state index in [4.69, 9.17) is 9.47 Å². The van der Waals surface area contributed by atoms with Gasteiger partial charge in [-0.1, -0.05) is 62.4 Å². The minimum atomic E-state index is -1.33. The van der Waals surface area contributed by atoms with E-state index in [0.717, 1.165) is 18.4 Å². The first-order chi connectivity index (χ1) is 16.8. The van der Waals surface area contributed by atoms with Crippen LogP contribution in [0, 0.1) is 23.7 Å². The summed E-state index contributed by atoms with van der Waals surface area (Å²) in [5.41, 5.74) is -0.551. The molecular formula is C29H37NO5. The lowest BCUT2D eigenvalue weighted by Crippen LogP contribution is -2.61. The predicted molar refractivity (Wildman–Crippen MR) is 132 cm³/mol. The fourth-order valence-corrected chi connectivity index (χ4v) is 6.70. The van der Waals surface area contributed by atoms with Crippen LogP contribution in [-0.2, 0) is 25.5 Å². The molecule has 0 radical (unpaired) electrons. The van der Waals surface area contributed by atoms with Gasteiger partial charge in [-0.2, -0.15) is 0 Å². The van der Waals surface area contributed by atoms with Gasteiger partial charge in [0.1, 0.15) is 0 Å². The summed E-state index contributed by atoms with van der Waals surface area (Å²) in [7, 11) is 0. The lowest BCUT2D eigenvalue weighted by Gasteiger charge is -2.45. The van der Waals surface area contributed by atoms with Gasteiger partial charge in [0.25, 0.3) is 5.91 Å². The Morgan fingerprint density at radius 2 is 1.86 bits per heavy atom. The molecule has 1 aromatic rings. The highest BCUT2D eigenvalue weighted by molar-refractivity contribution is 5.94. The molecule has 1 aromatic carbocycles. The molecule has 1 saturated carbocycles. The molecule has 6 heteroatoms. The van der Waals surface area contributed by atoms with E-state index in [9.17, 15) is 14.7 Å². The van der Waals surface area contributed by atoms with Crippen LogP contribution in [0.1, 0.15) is 52.0 Å². The maximum atomic E-state index is 13.8. The molecule has 35 heavy (non-hydrogen) atoms. The van der Waals surface area contributed by atoms with Gasteiger partial charge in [-0.3, -0.25) is 4.79 Å². The first-order valence-electron chi connectivity index (χ1n) is 13.0. The van der Waals surface area contributed by atoms with Crippen LogP contribution in [-0.4, -0.2) is 46.4 Å². The summed E-state index contributed by atoms with van der Waals surface area (Å²) < 4.78 is 12.5. The summed E-state index contributed by atoms with van der Waals surface area (Å²) in [6, 6.07) is 9.94. The van der Waals surface area contributed by atoms with Gasteiger partial charge < -0.3 is 19.9 Å². The molecule has 4 unspecified atom stereocenters. The van der Waals surface area contributed by atoms with Crippen molar-refractivity contribution < 1.29 is 24.2 Å². The van der Waals surface area contributed by atoms with Crippen molar-refractivity contribution in [3.63, 3.8) is 0 Å². The van der Waals surface area contributed by atoms with E-state index in [1.54, 1.807) is 6.08 Å². The fraction of sp³-hybridized carbons (Fsp3) is 0.586. The molecule has 3 heterocycles. The predicted octanol–water partition coefficient (Wildman–Crippen LogP) is 3.73. The molecule has 1 aliphatic carbocycles. The Morgan fingerprint density at radius 3 is 2.63 bits per heavy atom. The number of hydrogen-bond acceptors (Lipinski definition) is 5. The van der Waals surface area contributed by atoms with Gasteiger partial charge in [-0.05, 0) is 56.4 Å². The number of carbonyl (C=O) groups is 2. The number of aliphatic hydroxyl groups is 1. The van der Waals surface area contributed by atoms with Gasteiger partial charge in [0.05, 0.1) is 23.7 Å². The smallest absolute Gasteiger partial charge is 0.331 e. The summed E-state index contributed by atoms with van der Waals surface area (Å²) in [5.74, 6) is -0.947. The topological polar surface area (TPSA) is 88.2 Å². The summed E-state index contributed by atoms with van der Waals surface area (Å²) in [5, 5.41) is 13.5. The second-order valence-corrected chi connectivity index (χ2v) is 11.2. The Hall–Kier alpha value is -2.44. The number of carbonyl (C=O) groups excluding carboxylic acids is 2. The summed E-state index contributed by atoms with van der Waals surface area (Å²) in [4.78, 5) is 26.9. The first-order valence-corrected chi connectivity index (χ1v) is 13.0. The maximum Gasteiger partial charge on any atom is 0.331 e. The van der Waals surface area contributed by atoms with Gasteiger partial charge in [0, 0.05) is 18.0 Å². The van der Waals surface area contributed by atoms with Crippen molar-refractivity contribution in [3.8, 4) is 0 Å². The molecular weight excluding hydrogens is 442 g/mol. The highest BCUT2D eigenvalue weighted by Crippen LogP contribution is 2.63. The van der Waals surface area contributed by atoms with E-state index in [2.05, 4.69) is 50.4 Å². The molecule has 188 valence electrons. The molecule has 5 rings (SSSR count). The quantitative estimate of drug-likeness (QED) is 0.383. The van der Waals surface area contributed by atoms with Crippen molar-refractivity contribution in [2.75, 3.05) is 0 Å². The SMILES string of the molecule is CC1C2[C@H](Cc3ccccc3)NC(=O)[C@]23OC(=O)/C=C/CC(O)CC[C@@H](C)C/C=C/C3[C@@H]2O[C@]12C. The third-order valence-electron chi connectivity index (χ3n) is 8.86. The zero-order valence-electron chi connectivity index (χ0n) is 20.9. The van der Waals surface area contributed by atoms with Crippen LogP contribution in [0.5, 0.6) is 0 Å². The number of benzene rings is 1. The molecule has 4 aliphatic rings. The highest BCUT2D eigenvalue weighted by Gasteiger charge is 2.78. The minimum absolute atomic E-state index is 0.0150. The Balaban J connectivity index is 1.55. The van der Waals surface area contributed by atoms with Gasteiger partial charge in [-0.25, -0.2) is 4.79 Å². The van der Waals surface area contributed by atoms with E-state index >= 15 is 0 Å². The molecule has 2 saturated heterocycles. The van der Waals surface area contributed by atoms with E-state index < -0.39 is 17.7 Å². The van der Waals surface area contributed by atoms with Crippen LogP contribution >= 0.6 is 0 Å². The van der Waals surface area contributed by atoms with Crippen molar-refractivity contribution in [3.05, 3.63) is 60.2 Å². The van der Waals surface area contributed by atoms with E-state index in [0.29, 0.717) is 25.2 Å². The number of aliphatic hydroxyl groups excluding tert-OH is 1. The van der Waals surface area contributed by atoms with Crippen LogP contribution < -0.4 is 5.32 Å². The number of nitrogens with one attached hydrogen (secondary N) is 1. The number of amides is 1. The number of fused-ring (bicyclic) bond motifs is 2. The monoisotopic (exact) mass is 479 g/mol. The zero-order chi connectivity index (χ0) is 24.8. The Morgan fingerprint density at radius 1 is 1.09 bits per heavy atom. The Bertz CT molecular complexity index is 1020. The molecule has 2 N–H and O–H groups in total. The summed E-state index contributed by atoms with van der Waals surface area (Å²) >= 11 is 0. The lowest BCUT2D eigenvalue weighted by atomic mass is 9.59. The summed E-state index contributed by atoms with van der Waals surface area (Å²) in [6.45, 7) is 6.42. The maximum absolute atomic E-state index is 13.8. The first kappa shape index (κ1) is 24.3. The van der Waals surface area contributed by atoms with Crippen LogP contribution in [0.4, 0.5) is 0 Å². The number of allylic oxidation sites excluding steroid dienone is 1. The molecule has 1 spiro atoms. The third-order valence-corrected chi connectivity index (χ3v) is 8.86. The second-order valence-electron chi connectivity index (χ2n) is 11.2.